The third-order valence-electron chi connectivity index (χ3n) is 3.13. The average molecular weight is 207 g/mol. The predicted octanol–water partition coefficient (Wildman–Crippen LogP) is 1.59. The van der Waals surface area contributed by atoms with Crippen molar-refractivity contribution in [1.82, 2.24) is 15.1 Å². The number of aromatic amines is 1. The van der Waals surface area contributed by atoms with Crippen molar-refractivity contribution < 1.29 is 4.79 Å². The fraction of sp³-hybridized carbons (Fsp3) is 0.636. The highest BCUT2D eigenvalue weighted by Gasteiger charge is 2.22. The van der Waals surface area contributed by atoms with Gasteiger partial charge in [0.1, 0.15) is 0 Å². The maximum absolute atomic E-state index is 12.1. The van der Waals surface area contributed by atoms with Gasteiger partial charge in [-0.3, -0.25) is 9.89 Å². The number of amides is 1. The Morgan fingerprint density at radius 1 is 1.53 bits per heavy atom. The van der Waals surface area contributed by atoms with Crippen molar-refractivity contribution in [1.29, 1.82) is 0 Å². The maximum Gasteiger partial charge on any atom is 0.257 e. The molecule has 1 aromatic rings. The Balaban J connectivity index is 2.06. The molecule has 0 saturated carbocycles. The van der Waals surface area contributed by atoms with Crippen LogP contribution in [-0.2, 0) is 0 Å². The largest absolute Gasteiger partial charge is 0.339 e. The predicted molar refractivity (Wildman–Crippen MR) is 57.6 cm³/mol. The number of carbonyl (C=O) groups is 1. The first-order valence-corrected chi connectivity index (χ1v) is 5.47. The monoisotopic (exact) mass is 207 g/mol. The summed E-state index contributed by atoms with van der Waals surface area (Å²) in [5.41, 5.74) is 1.57. The van der Waals surface area contributed by atoms with E-state index in [1.54, 1.807) is 6.20 Å². The molecule has 15 heavy (non-hydrogen) atoms. The van der Waals surface area contributed by atoms with E-state index in [2.05, 4.69) is 17.1 Å². The first-order chi connectivity index (χ1) is 7.18. The van der Waals surface area contributed by atoms with Crippen LogP contribution >= 0.6 is 0 Å². The molecule has 0 spiro atoms. The lowest BCUT2D eigenvalue weighted by atomic mass is 9.99. The van der Waals surface area contributed by atoms with E-state index in [0.717, 1.165) is 37.5 Å². The average Bonchev–Trinajstić information content (AvgIpc) is 2.65. The van der Waals surface area contributed by atoms with Gasteiger partial charge in [-0.1, -0.05) is 6.92 Å². The lowest BCUT2D eigenvalue weighted by molar-refractivity contribution is 0.0696. The molecule has 0 unspecified atom stereocenters. The highest BCUT2D eigenvalue weighted by atomic mass is 16.2. The van der Waals surface area contributed by atoms with E-state index in [1.165, 1.54) is 0 Å². The zero-order valence-corrected chi connectivity index (χ0v) is 9.29. The second-order valence-corrected chi connectivity index (χ2v) is 4.38. The van der Waals surface area contributed by atoms with Gasteiger partial charge in [0.15, 0.2) is 0 Å². The number of hydrogen-bond acceptors (Lipinski definition) is 2. The molecule has 4 nitrogen and oxygen atoms in total. The van der Waals surface area contributed by atoms with Gasteiger partial charge < -0.3 is 4.90 Å². The van der Waals surface area contributed by atoms with Crippen molar-refractivity contribution in [3.05, 3.63) is 17.5 Å². The molecular formula is C11H17N3O. The second kappa shape index (κ2) is 4.04. The second-order valence-electron chi connectivity index (χ2n) is 4.38. The minimum absolute atomic E-state index is 0.119. The molecular weight excluding hydrogens is 190 g/mol. The minimum atomic E-state index is 0.119. The number of nitrogens with one attached hydrogen (secondary N) is 1. The van der Waals surface area contributed by atoms with E-state index in [4.69, 9.17) is 0 Å². The Kier molecular flexibility index (Phi) is 2.75. The lowest BCUT2D eigenvalue weighted by Gasteiger charge is -2.30. The molecule has 1 N–H and O–H groups in total. The normalized spacial score (nSPS) is 18.1. The molecule has 0 atom stereocenters. The van der Waals surface area contributed by atoms with Crippen molar-refractivity contribution in [2.75, 3.05) is 13.1 Å². The van der Waals surface area contributed by atoms with Gasteiger partial charge in [0.2, 0.25) is 0 Å². The van der Waals surface area contributed by atoms with Gasteiger partial charge >= 0.3 is 0 Å². The summed E-state index contributed by atoms with van der Waals surface area (Å²) in [4.78, 5) is 14.0. The van der Waals surface area contributed by atoms with E-state index in [0.29, 0.717) is 5.56 Å². The Labute approximate surface area is 89.7 Å². The highest BCUT2D eigenvalue weighted by Crippen LogP contribution is 2.18. The van der Waals surface area contributed by atoms with Crippen LogP contribution in [0.2, 0.25) is 0 Å². The Morgan fingerprint density at radius 2 is 2.20 bits per heavy atom. The molecule has 2 rings (SSSR count). The first-order valence-electron chi connectivity index (χ1n) is 5.47. The summed E-state index contributed by atoms with van der Waals surface area (Å²) < 4.78 is 0. The number of nitrogens with zero attached hydrogens (tertiary/aromatic N) is 2. The van der Waals surface area contributed by atoms with Gasteiger partial charge in [-0.25, -0.2) is 0 Å². The van der Waals surface area contributed by atoms with E-state index < -0.39 is 0 Å². The third kappa shape index (κ3) is 2.03. The summed E-state index contributed by atoms with van der Waals surface area (Å²) in [5.74, 6) is 0.868. The molecule has 2 heterocycles. The number of aromatic nitrogens is 2. The third-order valence-corrected chi connectivity index (χ3v) is 3.13. The summed E-state index contributed by atoms with van der Waals surface area (Å²) in [6.45, 7) is 5.88. The van der Waals surface area contributed by atoms with Crippen molar-refractivity contribution in [3.8, 4) is 0 Å². The molecule has 4 heteroatoms. The first kappa shape index (κ1) is 10.2. The van der Waals surface area contributed by atoms with Crippen molar-refractivity contribution in [2.24, 2.45) is 5.92 Å². The molecule has 1 aliphatic rings. The number of hydrogen-bond donors (Lipinski definition) is 1. The maximum atomic E-state index is 12.1. The van der Waals surface area contributed by atoms with Crippen LogP contribution in [0, 0.1) is 12.8 Å². The van der Waals surface area contributed by atoms with Crippen LogP contribution in [0.5, 0.6) is 0 Å². The van der Waals surface area contributed by atoms with E-state index >= 15 is 0 Å². The molecule has 1 fully saturated rings. The van der Waals surface area contributed by atoms with Crippen molar-refractivity contribution >= 4 is 5.91 Å². The zero-order chi connectivity index (χ0) is 10.8. The van der Waals surface area contributed by atoms with Crippen LogP contribution in [0.3, 0.4) is 0 Å². The number of rotatable bonds is 1. The van der Waals surface area contributed by atoms with E-state index in [9.17, 15) is 4.79 Å². The molecule has 0 aliphatic carbocycles. The summed E-state index contributed by atoms with van der Waals surface area (Å²) in [5, 5.41) is 6.68. The van der Waals surface area contributed by atoms with Crippen LogP contribution in [0.15, 0.2) is 6.20 Å². The molecule has 1 saturated heterocycles. The van der Waals surface area contributed by atoms with Gasteiger partial charge in [-0.05, 0) is 25.7 Å². The van der Waals surface area contributed by atoms with E-state index in [-0.39, 0.29) is 5.91 Å². The number of H-pyrrole nitrogens is 1. The minimum Gasteiger partial charge on any atom is -0.339 e. The van der Waals surface area contributed by atoms with Crippen LogP contribution in [0.1, 0.15) is 35.8 Å². The number of likely N-dealkylation sites (tertiary alicyclic amines) is 1. The van der Waals surface area contributed by atoms with Crippen LogP contribution in [-0.4, -0.2) is 34.1 Å². The molecule has 1 aromatic heterocycles. The number of piperidine rings is 1. The molecule has 82 valence electrons. The standard InChI is InChI=1S/C11H17N3O/c1-8-3-5-14(6-4-8)11(15)10-7-12-13-9(10)2/h7-8H,3-6H2,1-2H3,(H,12,13). The smallest absolute Gasteiger partial charge is 0.257 e. The van der Waals surface area contributed by atoms with Gasteiger partial charge in [0, 0.05) is 18.8 Å². The van der Waals surface area contributed by atoms with Crippen molar-refractivity contribution in [2.45, 2.75) is 26.7 Å². The highest BCUT2D eigenvalue weighted by molar-refractivity contribution is 5.95. The van der Waals surface area contributed by atoms with Gasteiger partial charge in [-0.15, -0.1) is 0 Å². The number of aryl methyl sites for hydroxylation is 1. The van der Waals surface area contributed by atoms with Gasteiger partial charge in [-0.2, -0.15) is 5.10 Å². The van der Waals surface area contributed by atoms with Gasteiger partial charge in [0.25, 0.3) is 5.91 Å². The molecule has 0 radical (unpaired) electrons. The Hall–Kier alpha value is -1.32. The van der Waals surface area contributed by atoms with Crippen LogP contribution in [0.4, 0.5) is 0 Å². The summed E-state index contributed by atoms with van der Waals surface area (Å²) in [7, 11) is 0. The molecule has 0 aromatic carbocycles. The summed E-state index contributed by atoms with van der Waals surface area (Å²) >= 11 is 0. The zero-order valence-electron chi connectivity index (χ0n) is 9.29. The fourth-order valence-corrected chi connectivity index (χ4v) is 1.95. The SMILES string of the molecule is Cc1[nH]ncc1C(=O)N1CCC(C)CC1. The molecule has 0 bridgehead atoms. The quantitative estimate of drug-likeness (QED) is 0.760. The number of carbonyl (C=O) groups excluding carboxylic acids is 1. The molecule has 1 amide bonds. The fourth-order valence-electron chi connectivity index (χ4n) is 1.95. The van der Waals surface area contributed by atoms with Crippen LogP contribution in [0.25, 0.3) is 0 Å². The van der Waals surface area contributed by atoms with Crippen molar-refractivity contribution in [3.63, 3.8) is 0 Å². The topological polar surface area (TPSA) is 49.0 Å². The van der Waals surface area contributed by atoms with E-state index in [1.807, 2.05) is 11.8 Å². The summed E-state index contributed by atoms with van der Waals surface area (Å²) in [6, 6.07) is 0. The Morgan fingerprint density at radius 3 is 2.73 bits per heavy atom. The Bertz CT molecular complexity index is 350. The molecule has 1 aliphatic heterocycles. The lowest BCUT2D eigenvalue weighted by Crippen LogP contribution is -2.38. The van der Waals surface area contributed by atoms with Gasteiger partial charge in [0.05, 0.1) is 11.8 Å². The summed E-state index contributed by atoms with van der Waals surface area (Å²) in [6.07, 6.45) is 3.85. The van der Waals surface area contributed by atoms with Crippen LogP contribution < -0.4 is 0 Å².